The molecule has 0 aliphatic rings. The molecular weight excluding hydrogens is 392 g/mol. The van der Waals surface area contributed by atoms with E-state index in [1.165, 1.54) is 41.8 Å². The highest BCUT2D eigenvalue weighted by Crippen LogP contribution is 2.33. The van der Waals surface area contributed by atoms with Gasteiger partial charge in [-0.15, -0.1) is 5.10 Å². The van der Waals surface area contributed by atoms with Crippen molar-refractivity contribution < 1.29 is 23.0 Å². The van der Waals surface area contributed by atoms with Crippen molar-refractivity contribution in [3.05, 3.63) is 48.0 Å². The summed E-state index contributed by atoms with van der Waals surface area (Å²) in [6.45, 7) is -3.10. The number of hydrogen-bond acceptors (Lipinski definition) is 7. The smallest absolute Gasteiger partial charge is 0.387 e. The van der Waals surface area contributed by atoms with Crippen LogP contribution in [-0.2, 0) is 0 Å². The predicted octanol–water partition coefficient (Wildman–Crippen LogP) is 3.25. The largest absolute Gasteiger partial charge is 0.493 e. The lowest BCUT2D eigenvalue weighted by molar-refractivity contribution is -0.0515. The SMILES string of the molecule is COc1cccc(C(=O)Nc2cccc(-n3nnnc3SC)c2)c1OC(F)F. The second-order valence-corrected chi connectivity index (χ2v) is 6.07. The van der Waals surface area contributed by atoms with Gasteiger partial charge in [0, 0.05) is 5.69 Å². The molecule has 28 heavy (non-hydrogen) atoms. The number of carbonyl (C=O) groups excluding carboxylic acids is 1. The average Bonchev–Trinajstić information content (AvgIpc) is 3.16. The Morgan fingerprint density at radius 1 is 1.25 bits per heavy atom. The molecule has 1 heterocycles. The Morgan fingerprint density at radius 3 is 2.75 bits per heavy atom. The molecule has 0 aliphatic heterocycles. The number of halogens is 2. The molecular formula is C17H15F2N5O3S. The lowest BCUT2D eigenvalue weighted by Gasteiger charge is -2.14. The first kappa shape index (κ1) is 19.5. The van der Waals surface area contributed by atoms with Gasteiger partial charge in [0.1, 0.15) is 0 Å². The Balaban J connectivity index is 1.89. The number of rotatable bonds is 7. The normalized spacial score (nSPS) is 10.8. The minimum Gasteiger partial charge on any atom is -0.493 e. The van der Waals surface area contributed by atoms with Crippen molar-refractivity contribution in [2.45, 2.75) is 11.8 Å². The number of ether oxygens (including phenoxy) is 2. The first-order chi connectivity index (χ1) is 13.5. The molecule has 1 aromatic heterocycles. The summed E-state index contributed by atoms with van der Waals surface area (Å²) in [5.74, 6) is -0.938. The zero-order valence-electron chi connectivity index (χ0n) is 14.8. The van der Waals surface area contributed by atoms with E-state index in [-0.39, 0.29) is 17.1 Å². The van der Waals surface area contributed by atoms with Gasteiger partial charge in [-0.3, -0.25) is 4.79 Å². The molecule has 0 aliphatic carbocycles. The van der Waals surface area contributed by atoms with Gasteiger partial charge in [-0.2, -0.15) is 13.5 Å². The maximum Gasteiger partial charge on any atom is 0.387 e. The second kappa shape index (κ2) is 8.65. The Bertz CT molecular complexity index is 983. The van der Waals surface area contributed by atoms with Gasteiger partial charge in [-0.1, -0.05) is 23.9 Å². The van der Waals surface area contributed by atoms with E-state index in [1.54, 1.807) is 24.3 Å². The highest BCUT2D eigenvalue weighted by Gasteiger charge is 2.20. The van der Waals surface area contributed by atoms with E-state index in [2.05, 4.69) is 25.6 Å². The number of alkyl halides is 2. The number of nitrogens with one attached hydrogen (secondary N) is 1. The zero-order valence-corrected chi connectivity index (χ0v) is 15.6. The number of methoxy groups -OCH3 is 1. The molecule has 0 spiro atoms. The van der Waals surface area contributed by atoms with Crippen LogP contribution in [0.3, 0.4) is 0 Å². The van der Waals surface area contributed by atoms with Gasteiger partial charge in [-0.05, 0) is 47.0 Å². The molecule has 3 rings (SSSR count). The molecule has 11 heteroatoms. The van der Waals surface area contributed by atoms with Crippen molar-refractivity contribution in [3.8, 4) is 17.2 Å². The lowest BCUT2D eigenvalue weighted by Crippen LogP contribution is -2.16. The first-order valence-electron chi connectivity index (χ1n) is 7.89. The molecule has 0 saturated heterocycles. The highest BCUT2D eigenvalue weighted by atomic mass is 32.2. The number of aromatic nitrogens is 4. The summed E-state index contributed by atoms with van der Waals surface area (Å²) in [6.07, 6.45) is 1.83. The summed E-state index contributed by atoms with van der Waals surface area (Å²) < 4.78 is 36.5. The average molecular weight is 407 g/mol. The molecule has 0 fully saturated rings. The van der Waals surface area contributed by atoms with E-state index in [0.717, 1.165) is 0 Å². The number of thioether (sulfide) groups is 1. The monoisotopic (exact) mass is 407 g/mol. The summed E-state index contributed by atoms with van der Waals surface area (Å²) in [4.78, 5) is 12.7. The van der Waals surface area contributed by atoms with Crippen molar-refractivity contribution in [1.82, 2.24) is 20.2 Å². The summed E-state index contributed by atoms with van der Waals surface area (Å²) in [5, 5.41) is 14.6. The fourth-order valence-corrected chi connectivity index (χ4v) is 2.88. The summed E-state index contributed by atoms with van der Waals surface area (Å²) in [6, 6.07) is 11.1. The first-order valence-corrected chi connectivity index (χ1v) is 9.12. The van der Waals surface area contributed by atoms with E-state index < -0.39 is 12.5 Å². The zero-order chi connectivity index (χ0) is 20.1. The van der Waals surface area contributed by atoms with Gasteiger partial charge in [-0.25, -0.2) is 0 Å². The molecule has 0 saturated carbocycles. The Labute approximate surface area is 162 Å². The van der Waals surface area contributed by atoms with Crippen LogP contribution in [0, 0.1) is 0 Å². The van der Waals surface area contributed by atoms with Crippen LogP contribution < -0.4 is 14.8 Å². The topological polar surface area (TPSA) is 91.2 Å². The van der Waals surface area contributed by atoms with Crippen molar-refractivity contribution in [2.24, 2.45) is 0 Å². The third-order valence-corrected chi connectivity index (χ3v) is 4.24. The van der Waals surface area contributed by atoms with E-state index in [9.17, 15) is 13.6 Å². The molecule has 3 aromatic rings. The third-order valence-electron chi connectivity index (χ3n) is 3.62. The number of nitrogens with zero attached hydrogens (tertiary/aromatic N) is 4. The van der Waals surface area contributed by atoms with E-state index in [1.807, 2.05) is 6.26 Å². The molecule has 0 bridgehead atoms. The quantitative estimate of drug-likeness (QED) is 0.601. The Hall–Kier alpha value is -3.21. The van der Waals surface area contributed by atoms with Gasteiger partial charge >= 0.3 is 6.61 Å². The van der Waals surface area contributed by atoms with Crippen molar-refractivity contribution in [2.75, 3.05) is 18.7 Å². The minimum absolute atomic E-state index is 0.0278. The number of hydrogen-bond donors (Lipinski definition) is 1. The molecule has 0 unspecified atom stereocenters. The van der Waals surface area contributed by atoms with E-state index in [4.69, 9.17) is 4.74 Å². The standard InChI is InChI=1S/C17H15F2N5O3S/c1-26-13-8-4-7-12(14(13)27-16(18)19)15(25)20-10-5-3-6-11(9-10)24-17(28-2)21-22-23-24/h3-9,16H,1-2H3,(H,20,25). The number of tetrazole rings is 1. The molecule has 0 atom stereocenters. The fourth-order valence-electron chi connectivity index (χ4n) is 2.45. The maximum absolute atomic E-state index is 12.8. The van der Waals surface area contributed by atoms with Crippen LogP contribution >= 0.6 is 11.8 Å². The molecule has 146 valence electrons. The molecule has 8 nitrogen and oxygen atoms in total. The number of para-hydroxylation sites is 1. The fraction of sp³-hybridized carbons (Fsp3) is 0.176. The minimum atomic E-state index is -3.10. The maximum atomic E-state index is 12.8. The molecule has 1 N–H and O–H groups in total. The molecule has 0 radical (unpaired) electrons. The van der Waals surface area contributed by atoms with E-state index >= 15 is 0 Å². The van der Waals surface area contributed by atoms with Crippen LogP contribution in [0.25, 0.3) is 5.69 Å². The van der Waals surface area contributed by atoms with Crippen molar-refractivity contribution in [3.63, 3.8) is 0 Å². The van der Waals surface area contributed by atoms with Crippen LogP contribution in [0.4, 0.5) is 14.5 Å². The van der Waals surface area contributed by atoms with Crippen LogP contribution in [0.1, 0.15) is 10.4 Å². The van der Waals surface area contributed by atoms with Gasteiger partial charge in [0.05, 0.1) is 18.4 Å². The lowest BCUT2D eigenvalue weighted by atomic mass is 10.1. The predicted molar refractivity (Wildman–Crippen MR) is 98.5 cm³/mol. The number of carbonyl (C=O) groups is 1. The number of benzene rings is 2. The van der Waals surface area contributed by atoms with Gasteiger partial charge in [0.15, 0.2) is 11.5 Å². The van der Waals surface area contributed by atoms with Gasteiger partial charge in [0.2, 0.25) is 5.16 Å². The van der Waals surface area contributed by atoms with Crippen LogP contribution in [0.2, 0.25) is 0 Å². The highest BCUT2D eigenvalue weighted by molar-refractivity contribution is 7.98. The van der Waals surface area contributed by atoms with Crippen molar-refractivity contribution in [1.29, 1.82) is 0 Å². The summed E-state index contributed by atoms with van der Waals surface area (Å²) in [7, 11) is 1.30. The van der Waals surface area contributed by atoms with Crippen molar-refractivity contribution >= 4 is 23.4 Å². The molecule has 2 aromatic carbocycles. The Morgan fingerprint density at radius 2 is 2.04 bits per heavy atom. The third kappa shape index (κ3) is 4.19. The Kier molecular flexibility index (Phi) is 6.04. The van der Waals surface area contributed by atoms with Crippen LogP contribution in [0.15, 0.2) is 47.6 Å². The summed E-state index contributed by atoms with van der Waals surface area (Å²) in [5.41, 5.74) is 0.968. The number of amides is 1. The van der Waals surface area contributed by atoms with E-state index in [0.29, 0.717) is 16.5 Å². The van der Waals surface area contributed by atoms with Crippen LogP contribution in [0.5, 0.6) is 11.5 Å². The summed E-state index contributed by atoms with van der Waals surface area (Å²) >= 11 is 1.36. The number of anilines is 1. The second-order valence-electron chi connectivity index (χ2n) is 5.30. The van der Waals surface area contributed by atoms with Gasteiger partial charge < -0.3 is 14.8 Å². The molecule has 1 amide bonds. The van der Waals surface area contributed by atoms with Crippen LogP contribution in [-0.4, -0.2) is 46.1 Å². The van der Waals surface area contributed by atoms with Gasteiger partial charge in [0.25, 0.3) is 5.91 Å².